The molecule has 0 aliphatic heterocycles. The molecule has 0 saturated carbocycles. The monoisotopic (exact) mass is 537 g/mol. The van der Waals surface area contributed by atoms with Gasteiger partial charge in [0.25, 0.3) is 10.0 Å². The van der Waals surface area contributed by atoms with Gasteiger partial charge in [0.05, 0.1) is 27.6 Å². The number of rotatable bonds is 10. The summed E-state index contributed by atoms with van der Waals surface area (Å²) in [6, 6.07) is 6.17. The number of nitrogens with one attached hydrogen (secondary N) is 3. The third-order valence-electron chi connectivity index (χ3n) is 4.54. The van der Waals surface area contributed by atoms with Crippen molar-refractivity contribution in [2.24, 2.45) is 0 Å². The summed E-state index contributed by atoms with van der Waals surface area (Å²) in [4.78, 5) is 5.09. The number of benzene rings is 2. The Morgan fingerprint density at radius 2 is 1.94 bits per heavy atom. The minimum Gasteiger partial charge on any atom is -0.373 e. The predicted octanol–water partition coefficient (Wildman–Crippen LogP) is 5.09. The lowest BCUT2D eigenvalue weighted by Crippen LogP contribution is -2.23. The average Bonchev–Trinajstić information content (AvgIpc) is 3.24. The van der Waals surface area contributed by atoms with E-state index in [1.807, 2.05) is 19.0 Å². The number of hydrogen-bond donors (Lipinski definition) is 3. The van der Waals surface area contributed by atoms with E-state index in [2.05, 4.69) is 20.3 Å². The van der Waals surface area contributed by atoms with Crippen molar-refractivity contribution in [1.82, 2.24) is 10.3 Å². The molecule has 0 atom stereocenters. The van der Waals surface area contributed by atoms with Crippen molar-refractivity contribution < 1.29 is 17.2 Å². The molecular formula is C20H23Cl2F2N5O2S2. The van der Waals surface area contributed by atoms with Gasteiger partial charge in [-0.1, -0.05) is 11.6 Å². The second-order valence-electron chi connectivity index (χ2n) is 6.91. The van der Waals surface area contributed by atoms with Crippen LogP contribution in [0.3, 0.4) is 0 Å². The van der Waals surface area contributed by atoms with Gasteiger partial charge < -0.3 is 15.5 Å². The topological polar surface area (TPSA) is 86.4 Å². The maximum absolute atomic E-state index is 14.8. The number of sulfonamides is 1. The zero-order chi connectivity index (χ0) is 23.3. The van der Waals surface area contributed by atoms with Crippen molar-refractivity contribution in [3.05, 3.63) is 57.9 Å². The molecule has 0 saturated heterocycles. The van der Waals surface area contributed by atoms with Gasteiger partial charge in [-0.25, -0.2) is 22.2 Å². The van der Waals surface area contributed by atoms with E-state index in [1.54, 1.807) is 0 Å². The average molecular weight is 538 g/mol. The van der Waals surface area contributed by atoms with E-state index >= 15 is 0 Å². The van der Waals surface area contributed by atoms with Gasteiger partial charge in [-0.15, -0.1) is 23.7 Å². The first kappa shape index (κ1) is 27.1. The third kappa shape index (κ3) is 6.90. The molecule has 1 aromatic heterocycles. The summed E-state index contributed by atoms with van der Waals surface area (Å²) in [6.45, 7) is 1.45. The molecule has 0 radical (unpaired) electrons. The summed E-state index contributed by atoms with van der Waals surface area (Å²) in [6.07, 6.45) is 0.830. The Labute approximate surface area is 206 Å². The number of aromatic nitrogens is 1. The molecule has 0 spiro atoms. The fourth-order valence-corrected chi connectivity index (χ4v) is 4.89. The summed E-state index contributed by atoms with van der Waals surface area (Å²) in [7, 11) is -0.557. The lowest BCUT2D eigenvalue weighted by atomic mass is 10.2. The first-order chi connectivity index (χ1) is 15.2. The second kappa shape index (κ2) is 11.8. The normalized spacial score (nSPS) is 11.1. The van der Waals surface area contributed by atoms with E-state index in [0.717, 1.165) is 25.1 Å². The van der Waals surface area contributed by atoms with E-state index in [-0.39, 0.29) is 28.9 Å². The van der Waals surface area contributed by atoms with E-state index in [9.17, 15) is 17.2 Å². The van der Waals surface area contributed by atoms with Crippen LogP contribution >= 0.6 is 35.3 Å². The maximum atomic E-state index is 14.8. The van der Waals surface area contributed by atoms with Crippen LogP contribution in [0.1, 0.15) is 6.42 Å². The molecule has 33 heavy (non-hydrogen) atoms. The standard InChI is InChI=1S/C20H22ClF2N5O2S2.ClH/c1-24-6-3-7-28(2)18-8-13(22)4-5-16(18)26-17-10-15(23)19(9-14(17)21)32(29,30)27-20-11-31-12-25-20;/h4-5,8-12,24,26-27H,3,6-7H2,1-2H3;1H. The highest BCUT2D eigenvalue weighted by Crippen LogP contribution is 2.35. The Morgan fingerprint density at radius 1 is 1.18 bits per heavy atom. The summed E-state index contributed by atoms with van der Waals surface area (Å²) in [5.41, 5.74) is 2.65. The Bertz CT molecular complexity index is 1180. The molecule has 13 heteroatoms. The third-order valence-corrected chi connectivity index (χ3v) is 6.81. The summed E-state index contributed by atoms with van der Waals surface area (Å²) in [5, 5.41) is 7.50. The van der Waals surface area contributed by atoms with Crippen LogP contribution in [0.25, 0.3) is 0 Å². The number of halogens is 4. The smallest absolute Gasteiger partial charge is 0.266 e. The molecule has 0 fully saturated rings. The highest BCUT2D eigenvalue weighted by Gasteiger charge is 2.23. The van der Waals surface area contributed by atoms with Crippen molar-refractivity contribution in [3.8, 4) is 0 Å². The van der Waals surface area contributed by atoms with Crippen LogP contribution in [0.5, 0.6) is 0 Å². The summed E-state index contributed by atoms with van der Waals surface area (Å²) in [5.74, 6) is -1.33. The fraction of sp³-hybridized carbons (Fsp3) is 0.250. The van der Waals surface area contributed by atoms with Crippen molar-refractivity contribution in [2.75, 3.05) is 42.1 Å². The van der Waals surface area contributed by atoms with Gasteiger partial charge in [0.15, 0.2) is 5.82 Å². The molecule has 7 nitrogen and oxygen atoms in total. The molecule has 180 valence electrons. The van der Waals surface area contributed by atoms with Crippen LogP contribution in [-0.4, -0.2) is 40.6 Å². The number of nitrogens with zero attached hydrogens (tertiary/aromatic N) is 2. The van der Waals surface area contributed by atoms with Crippen LogP contribution in [0.15, 0.2) is 46.1 Å². The van der Waals surface area contributed by atoms with E-state index < -0.39 is 26.6 Å². The van der Waals surface area contributed by atoms with Crippen LogP contribution < -0.4 is 20.3 Å². The molecule has 2 aromatic carbocycles. The van der Waals surface area contributed by atoms with Gasteiger partial charge in [-0.2, -0.15) is 0 Å². The number of anilines is 4. The highest BCUT2D eigenvalue weighted by molar-refractivity contribution is 7.92. The van der Waals surface area contributed by atoms with Gasteiger partial charge >= 0.3 is 0 Å². The minimum absolute atomic E-state index is 0. The summed E-state index contributed by atoms with van der Waals surface area (Å²) >= 11 is 7.47. The quantitative estimate of drug-likeness (QED) is 0.312. The van der Waals surface area contributed by atoms with Crippen LogP contribution in [0.2, 0.25) is 5.02 Å². The second-order valence-corrected chi connectivity index (χ2v) is 9.68. The first-order valence-corrected chi connectivity index (χ1v) is 12.3. The molecule has 3 rings (SSSR count). The minimum atomic E-state index is -4.22. The molecular weight excluding hydrogens is 515 g/mol. The van der Waals surface area contributed by atoms with Gasteiger partial charge in [-0.05, 0) is 44.3 Å². The van der Waals surface area contributed by atoms with Crippen LogP contribution in [0, 0.1) is 11.6 Å². The van der Waals surface area contributed by atoms with E-state index in [0.29, 0.717) is 17.9 Å². The number of hydrogen-bond acceptors (Lipinski definition) is 7. The molecule has 3 aromatic rings. The van der Waals surface area contributed by atoms with Gasteiger partial charge in [0.1, 0.15) is 16.5 Å². The molecule has 0 aliphatic rings. The van der Waals surface area contributed by atoms with Crippen LogP contribution in [0.4, 0.5) is 31.7 Å². The lowest BCUT2D eigenvalue weighted by molar-refractivity contribution is 0.570. The zero-order valence-electron chi connectivity index (χ0n) is 17.7. The van der Waals surface area contributed by atoms with Gasteiger partial charge in [0, 0.05) is 25.0 Å². The zero-order valence-corrected chi connectivity index (χ0v) is 20.9. The molecule has 0 amide bonds. The Morgan fingerprint density at radius 3 is 2.61 bits per heavy atom. The van der Waals surface area contributed by atoms with Crippen LogP contribution in [-0.2, 0) is 10.0 Å². The molecule has 3 N–H and O–H groups in total. The van der Waals surface area contributed by atoms with Crippen molar-refractivity contribution in [2.45, 2.75) is 11.3 Å². The number of thiazole rings is 1. The Hall–Kier alpha value is -2.18. The Kier molecular flexibility index (Phi) is 9.68. The molecule has 0 bridgehead atoms. The van der Waals surface area contributed by atoms with Gasteiger partial charge in [-0.3, -0.25) is 4.72 Å². The fourth-order valence-electron chi connectivity index (χ4n) is 2.97. The molecule has 0 unspecified atom stereocenters. The van der Waals surface area contributed by atoms with Gasteiger partial charge in [0.2, 0.25) is 0 Å². The molecule has 0 aliphatic carbocycles. The SMILES string of the molecule is CNCCCN(C)c1cc(F)ccc1Nc1cc(F)c(S(=O)(=O)Nc2cscn2)cc1Cl.Cl. The lowest BCUT2D eigenvalue weighted by Gasteiger charge is -2.23. The van der Waals surface area contributed by atoms with E-state index in [1.165, 1.54) is 40.4 Å². The van der Waals surface area contributed by atoms with E-state index in [4.69, 9.17) is 11.6 Å². The predicted molar refractivity (Wildman–Crippen MR) is 133 cm³/mol. The van der Waals surface area contributed by atoms with Crippen molar-refractivity contribution in [1.29, 1.82) is 0 Å². The van der Waals surface area contributed by atoms with Crippen molar-refractivity contribution >= 4 is 68.2 Å². The molecule has 1 heterocycles. The van der Waals surface area contributed by atoms with Crippen molar-refractivity contribution in [3.63, 3.8) is 0 Å². The largest absolute Gasteiger partial charge is 0.373 e. The summed E-state index contributed by atoms with van der Waals surface area (Å²) < 4.78 is 55.9. The maximum Gasteiger partial charge on any atom is 0.266 e. The first-order valence-electron chi connectivity index (χ1n) is 9.53. The highest BCUT2D eigenvalue weighted by atomic mass is 35.5. The Balaban J connectivity index is 0.00000385.